The second-order valence-electron chi connectivity index (χ2n) is 5.86. The first-order chi connectivity index (χ1) is 13.3. The Morgan fingerprint density at radius 3 is 2.39 bits per heavy atom. The van der Waals surface area contributed by atoms with Crippen LogP contribution in [0.15, 0.2) is 24.3 Å². The van der Waals surface area contributed by atoms with Gasteiger partial charge in [-0.3, -0.25) is 0 Å². The van der Waals surface area contributed by atoms with Gasteiger partial charge >= 0.3 is 0 Å². The van der Waals surface area contributed by atoms with Crippen molar-refractivity contribution in [2.24, 2.45) is 0 Å². The van der Waals surface area contributed by atoms with Crippen molar-refractivity contribution in [2.75, 3.05) is 13.3 Å². The van der Waals surface area contributed by atoms with Crippen LogP contribution in [0, 0.1) is 23.9 Å². The van der Waals surface area contributed by atoms with E-state index in [4.69, 9.17) is 18.9 Å². The lowest BCUT2D eigenvalue weighted by Gasteiger charge is -2.29. The van der Waals surface area contributed by atoms with E-state index in [1.165, 1.54) is 6.08 Å². The molecule has 0 aromatic carbocycles. The summed E-state index contributed by atoms with van der Waals surface area (Å²) >= 11 is 0. The van der Waals surface area contributed by atoms with Gasteiger partial charge in [0.15, 0.2) is 18.0 Å². The van der Waals surface area contributed by atoms with E-state index in [1.54, 1.807) is 39.0 Å². The van der Waals surface area contributed by atoms with E-state index in [1.807, 2.05) is 19.9 Å². The summed E-state index contributed by atoms with van der Waals surface area (Å²) in [7, 11) is -0.0929. The number of aliphatic hydroxyl groups excluding tert-OH is 1. The molecule has 0 amide bonds. The molecule has 0 aliphatic carbocycles. The normalized spacial score (nSPS) is 18.5. The van der Waals surface area contributed by atoms with Gasteiger partial charge in [-0.05, 0) is 45.8 Å². The maximum absolute atomic E-state index is 13.2. The molecule has 0 spiro atoms. The van der Waals surface area contributed by atoms with Crippen molar-refractivity contribution in [1.82, 2.24) is 0 Å². The van der Waals surface area contributed by atoms with Crippen LogP contribution in [0.3, 0.4) is 0 Å². The summed E-state index contributed by atoms with van der Waals surface area (Å²) in [5.41, 5.74) is 0. The number of allylic oxidation sites excluding steroid dienone is 2. The van der Waals surface area contributed by atoms with Crippen molar-refractivity contribution in [1.29, 1.82) is 0 Å². The van der Waals surface area contributed by atoms with E-state index in [0.29, 0.717) is 0 Å². The number of ether oxygens (including phenoxy) is 1. The topological polar surface area (TPSA) is 68.2 Å². The van der Waals surface area contributed by atoms with Crippen LogP contribution in [-0.2, 0) is 13.8 Å². The van der Waals surface area contributed by atoms with Crippen LogP contribution in [0.1, 0.15) is 27.7 Å². The van der Waals surface area contributed by atoms with Crippen LogP contribution in [0.25, 0.3) is 0 Å². The molecule has 0 aliphatic rings. The van der Waals surface area contributed by atoms with Crippen LogP contribution in [0.2, 0.25) is 6.82 Å². The molecule has 0 aromatic rings. The molecule has 2 N–H and O–H groups in total. The fourth-order valence-electron chi connectivity index (χ4n) is 1.98. The summed E-state index contributed by atoms with van der Waals surface area (Å²) in [6.07, 6.45) is 7.68. The molecule has 0 saturated heterocycles. The summed E-state index contributed by atoms with van der Waals surface area (Å²) in [6, 6.07) is -0.0774. The molecule has 0 aliphatic heterocycles. The molecule has 4 unspecified atom stereocenters. The fourth-order valence-corrected chi connectivity index (χ4v) is 3.97. The van der Waals surface area contributed by atoms with Gasteiger partial charge < -0.3 is 24.0 Å². The molecule has 0 aromatic heterocycles. The standard InChI is InChI=1S/C19H30BFO5P2/c1-6-9-18(23,10-7-2)27-26-19(11-8-3,12-13-22)28-24-15-17(14-21)25-16(4)20-5/h6,8-9,11,16-17,20,22-23,27-28H,14-15H2,1-5H3/t16-,17+,18?,19?/m1/s1. The maximum Gasteiger partial charge on any atom is 0.194 e. The Hall–Kier alpha value is -0.905. The first-order valence-electron chi connectivity index (χ1n) is 8.99. The number of rotatable bonds is 13. The molecule has 28 heavy (non-hydrogen) atoms. The number of alkyl halides is 1. The minimum absolute atomic E-state index is 0.0199. The van der Waals surface area contributed by atoms with Crippen LogP contribution in [-0.4, -0.2) is 53.6 Å². The van der Waals surface area contributed by atoms with E-state index >= 15 is 0 Å². The van der Waals surface area contributed by atoms with E-state index in [-0.39, 0.29) is 21.4 Å². The highest BCUT2D eigenvalue weighted by molar-refractivity contribution is 7.38. The average Bonchev–Trinajstić information content (AvgIpc) is 2.66. The molecule has 0 heterocycles. The molecule has 5 nitrogen and oxygen atoms in total. The van der Waals surface area contributed by atoms with E-state index in [9.17, 15) is 9.50 Å². The molecule has 0 rings (SSSR count). The zero-order chi connectivity index (χ0) is 21.5. The van der Waals surface area contributed by atoms with Crippen LogP contribution in [0.4, 0.5) is 4.39 Å². The van der Waals surface area contributed by atoms with E-state index < -0.39 is 32.3 Å². The monoisotopic (exact) mass is 430 g/mol. The SMILES string of the molecule is CB[C@@H](C)O[C@@H](CF)COPC(C#CO)(C=CC)OPC(O)(C#CC)C=CC. The molecule has 6 atom stereocenters. The molecule has 0 fully saturated rings. The van der Waals surface area contributed by atoms with Crippen molar-refractivity contribution in [3.8, 4) is 23.9 Å². The highest BCUT2D eigenvalue weighted by atomic mass is 31.1. The number of halogens is 1. The lowest BCUT2D eigenvalue weighted by Crippen LogP contribution is -2.29. The Kier molecular flexibility index (Phi) is 14.5. The fraction of sp³-hybridized carbons (Fsp3) is 0.579. The lowest BCUT2D eigenvalue weighted by molar-refractivity contribution is -0.00383. The van der Waals surface area contributed by atoms with Gasteiger partial charge in [-0.25, -0.2) is 4.39 Å². The van der Waals surface area contributed by atoms with Crippen molar-refractivity contribution >= 4 is 24.9 Å². The summed E-state index contributed by atoms with van der Waals surface area (Å²) in [4.78, 5) is 0. The van der Waals surface area contributed by atoms with Gasteiger partial charge in [0.1, 0.15) is 18.9 Å². The predicted octanol–water partition coefficient (Wildman–Crippen LogP) is 3.29. The maximum atomic E-state index is 13.2. The molecule has 0 saturated carbocycles. The summed E-state index contributed by atoms with van der Waals surface area (Å²) in [6.45, 7) is 8.32. The van der Waals surface area contributed by atoms with Gasteiger partial charge in [-0.2, -0.15) is 0 Å². The van der Waals surface area contributed by atoms with E-state index in [0.717, 1.165) is 7.28 Å². The number of hydrogen-bond donors (Lipinski definition) is 2. The second kappa shape index (κ2) is 15.0. The number of hydrogen-bond acceptors (Lipinski definition) is 5. The molecule has 156 valence electrons. The molecule has 9 heteroatoms. The van der Waals surface area contributed by atoms with Gasteiger partial charge in [-0.1, -0.05) is 24.9 Å². The quantitative estimate of drug-likeness (QED) is 0.203. The summed E-state index contributed by atoms with van der Waals surface area (Å²) in [5.74, 6) is 7.93. The summed E-state index contributed by atoms with van der Waals surface area (Å²) in [5, 5.41) is 17.0. The minimum Gasteiger partial charge on any atom is -0.462 e. The van der Waals surface area contributed by atoms with Gasteiger partial charge in [0.25, 0.3) is 0 Å². The first kappa shape index (κ1) is 27.1. The third kappa shape index (κ3) is 10.6. The van der Waals surface area contributed by atoms with Gasteiger partial charge in [-0.15, -0.1) is 5.92 Å². The average molecular weight is 430 g/mol. The van der Waals surface area contributed by atoms with Gasteiger partial charge in [0, 0.05) is 6.00 Å². The molecule has 0 bridgehead atoms. The minimum atomic E-state index is -1.47. The van der Waals surface area contributed by atoms with Crippen LogP contribution < -0.4 is 0 Å². The molecule has 0 radical (unpaired) electrons. The Labute approximate surface area is 172 Å². The van der Waals surface area contributed by atoms with E-state index in [2.05, 4.69) is 17.8 Å². The zero-order valence-electron chi connectivity index (χ0n) is 17.1. The Balaban J connectivity index is 5.23. The van der Waals surface area contributed by atoms with Crippen molar-refractivity contribution in [3.63, 3.8) is 0 Å². The lowest BCUT2D eigenvalue weighted by atomic mass is 9.76. The van der Waals surface area contributed by atoms with Crippen LogP contribution in [0.5, 0.6) is 0 Å². The molecular weight excluding hydrogens is 400 g/mol. The van der Waals surface area contributed by atoms with Crippen molar-refractivity contribution < 1.29 is 28.4 Å². The largest absolute Gasteiger partial charge is 0.462 e. The van der Waals surface area contributed by atoms with Gasteiger partial charge in [0.2, 0.25) is 0 Å². The summed E-state index contributed by atoms with van der Waals surface area (Å²) < 4.78 is 30.2. The second-order valence-corrected chi connectivity index (χ2v) is 8.27. The van der Waals surface area contributed by atoms with Gasteiger partial charge in [0.05, 0.1) is 24.2 Å². The molecular formula is C19H30BFO5P2. The predicted molar refractivity (Wildman–Crippen MR) is 117 cm³/mol. The Bertz CT molecular complexity index is 625. The first-order valence-corrected chi connectivity index (χ1v) is 10.8. The van der Waals surface area contributed by atoms with Crippen molar-refractivity contribution in [2.45, 2.75) is 57.3 Å². The Morgan fingerprint density at radius 2 is 1.89 bits per heavy atom. The van der Waals surface area contributed by atoms with Crippen LogP contribution >= 0.6 is 17.6 Å². The third-order valence-corrected chi connectivity index (χ3v) is 5.64. The zero-order valence-corrected chi connectivity index (χ0v) is 19.1. The Morgan fingerprint density at radius 1 is 1.21 bits per heavy atom. The smallest absolute Gasteiger partial charge is 0.194 e. The third-order valence-electron chi connectivity index (χ3n) is 3.40. The highest BCUT2D eigenvalue weighted by Gasteiger charge is 2.32. The van der Waals surface area contributed by atoms with Crippen molar-refractivity contribution in [3.05, 3.63) is 24.3 Å². The highest BCUT2D eigenvalue weighted by Crippen LogP contribution is 2.45. The number of aliphatic hydroxyl groups is 2.